The van der Waals surface area contributed by atoms with E-state index in [1.807, 2.05) is 48.5 Å². The van der Waals surface area contributed by atoms with Gasteiger partial charge in [0, 0.05) is 30.7 Å². The van der Waals surface area contributed by atoms with E-state index in [1.165, 1.54) is 5.56 Å². The zero-order valence-electron chi connectivity index (χ0n) is 15.0. The van der Waals surface area contributed by atoms with Crippen molar-refractivity contribution in [2.24, 2.45) is 0 Å². The van der Waals surface area contributed by atoms with E-state index in [1.54, 1.807) is 0 Å². The summed E-state index contributed by atoms with van der Waals surface area (Å²) in [5.74, 6) is 0. The number of benzene rings is 2. The van der Waals surface area contributed by atoms with Crippen molar-refractivity contribution in [1.82, 2.24) is 9.88 Å². The van der Waals surface area contributed by atoms with Gasteiger partial charge in [-0.15, -0.1) is 0 Å². The van der Waals surface area contributed by atoms with Crippen molar-refractivity contribution in [1.29, 1.82) is 0 Å². The van der Waals surface area contributed by atoms with Crippen molar-refractivity contribution in [3.05, 3.63) is 81.6 Å². The third-order valence-corrected chi connectivity index (χ3v) is 5.46. The predicted octanol–water partition coefficient (Wildman–Crippen LogP) is 3.32. The molecule has 0 spiro atoms. The first-order valence-corrected chi connectivity index (χ1v) is 9.16. The summed E-state index contributed by atoms with van der Waals surface area (Å²) in [5, 5.41) is 12.0. The summed E-state index contributed by atoms with van der Waals surface area (Å²) in [4.78, 5) is 17.6. The number of fused-ring (bicyclic) bond motifs is 1. The number of rotatable bonds is 3. The van der Waals surface area contributed by atoms with Crippen LogP contribution in [0.1, 0.15) is 29.5 Å². The second kappa shape index (κ2) is 6.71. The van der Waals surface area contributed by atoms with Gasteiger partial charge in [0.1, 0.15) is 0 Å². The fourth-order valence-electron chi connectivity index (χ4n) is 3.85. The Morgan fingerprint density at radius 1 is 1.08 bits per heavy atom. The Balaban J connectivity index is 1.50. The summed E-state index contributed by atoms with van der Waals surface area (Å²) in [6.45, 7) is 4.22. The molecule has 3 aromatic rings. The maximum absolute atomic E-state index is 12.4. The highest BCUT2D eigenvalue weighted by molar-refractivity contribution is 5.79. The maximum Gasteiger partial charge on any atom is 0.252 e. The lowest BCUT2D eigenvalue weighted by atomic mass is 9.84. The molecule has 0 unspecified atom stereocenters. The fourth-order valence-corrected chi connectivity index (χ4v) is 3.85. The summed E-state index contributed by atoms with van der Waals surface area (Å²) in [6, 6.07) is 17.9. The molecule has 1 aliphatic rings. The third-order valence-electron chi connectivity index (χ3n) is 5.46. The molecule has 0 atom stereocenters. The van der Waals surface area contributed by atoms with Crippen LogP contribution in [0.4, 0.5) is 0 Å². The average molecular weight is 348 g/mol. The fraction of sp³-hybridized carbons (Fsp3) is 0.318. The van der Waals surface area contributed by atoms with Crippen LogP contribution in [0.15, 0.2) is 59.4 Å². The van der Waals surface area contributed by atoms with Crippen molar-refractivity contribution in [2.75, 3.05) is 13.1 Å². The van der Waals surface area contributed by atoms with Crippen LogP contribution in [0.25, 0.3) is 10.9 Å². The topological polar surface area (TPSA) is 56.3 Å². The Labute approximate surface area is 153 Å². The molecule has 0 aliphatic carbocycles. The van der Waals surface area contributed by atoms with E-state index >= 15 is 0 Å². The largest absolute Gasteiger partial charge is 0.385 e. The van der Waals surface area contributed by atoms with Gasteiger partial charge in [-0.05, 0) is 48.9 Å². The van der Waals surface area contributed by atoms with E-state index in [9.17, 15) is 9.90 Å². The standard InChI is InChI=1S/C22H24N2O2/c1-16-7-8-20-17(13-16)14-18(21(25)23-20)15-24-11-9-22(26,10-12-24)19-5-3-2-4-6-19/h2-8,13-14,26H,9-12,15H2,1H3,(H,23,25). The Morgan fingerprint density at radius 3 is 2.54 bits per heavy atom. The van der Waals surface area contributed by atoms with Crippen LogP contribution in [0, 0.1) is 6.92 Å². The van der Waals surface area contributed by atoms with Crippen molar-refractivity contribution in [2.45, 2.75) is 31.9 Å². The van der Waals surface area contributed by atoms with E-state index in [-0.39, 0.29) is 5.56 Å². The molecule has 1 fully saturated rings. The summed E-state index contributed by atoms with van der Waals surface area (Å²) in [6.07, 6.45) is 1.36. The van der Waals surface area contributed by atoms with E-state index in [2.05, 4.69) is 22.9 Å². The second-order valence-corrected chi connectivity index (χ2v) is 7.39. The number of aryl methyl sites for hydroxylation is 1. The Bertz CT molecular complexity index is 970. The van der Waals surface area contributed by atoms with Gasteiger partial charge >= 0.3 is 0 Å². The van der Waals surface area contributed by atoms with Gasteiger partial charge in [-0.1, -0.05) is 42.0 Å². The van der Waals surface area contributed by atoms with Crippen LogP contribution in [-0.2, 0) is 12.1 Å². The minimum Gasteiger partial charge on any atom is -0.385 e. The number of nitrogens with zero attached hydrogens (tertiary/aromatic N) is 1. The number of aliphatic hydroxyl groups is 1. The SMILES string of the molecule is Cc1ccc2[nH]c(=O)c(CN3CCC(O)(c4ccccc4)CC3)cc2c1. The molecule has 0 bridgehead atoms. The molecule has 4 heteroatoms. The smallest absolute Gasteiger partial charge is 0.252 e. The summed E-state index contributed by atoms with van der Waals surface area (Å²) in [7, 11) is 0. The number of H-pyrrole nitrogens is 1. The quantitative estimate of drug-likeness (QED) is 0.763. The molecule has 2 heterocycles. The number of aromatic nitrogens is 1. The lowest BCUT2D eigenvalue weighted by Gasteiger charge is -2.38. The molecule has 4 nitrogen and oxygen atoms in total. The predicted molar refractivity (Wildman–Crippen MR) is 104 cm³/mol. The molecule has 0 saturated carbocycles. The van der Waals surface area contributed by atoms with Crippen LogP contribution < -0.4 is 5.56 Å². The number of likely N-dealkylation sites (tertiary alicyclic amines) is 1. The zero-order valence-corrected chi connectivity index (χ0v) is 15.0. The van der Waals surface area contributed by atoms with Gasteiger partial charge in [-0.25, -0.2) is 0 Å². The minimum absolute atomic E-state index is 0.0229. The highest BCUT2D eigenvalue weighted by Gasteiger charge is 2.33. The molecular formula is C22H24N2O2. The summed E-state index contributed by atoms with van der Waals surface area (Å²) >= 11 is 0. The van der Waals surface area contributed by atoms with E-state index in [4.69, 9.17) is 0 Å². The molecule has 134 valence electrons. The number of aromatic amines is 1. The zero-order chi connectivity index (χ0) is 18.1. The molecule has 1 aliphatic heterocycles. The Hall–Kier alpha value is -2.43. The van der Waals surface area contributed by atoms with Crippen molar-refractivity contribution in [3.8, 4) is 0 Å². The second-order valence-electron chi connectivity index (χ2n) is 7.39. The number of piperidine rings is 1. The van der Waals surface area contributed by atoms with Crippen molar-refractivity contribution < 1.29 is 5.11 Å². The first-order chi connectivity index (χ1) is 12.5. The van der Waals surface area contributed by atoms with Crippen LogP contribution in [0.3, 0.4) is 0 Å². The van der Waals surface area contributed by atoms with Gasteiger partial charge in [0.2, 0.25) is 0 Å². The van der Waals surface area contributed by atoms with E-state index in [0.29, 0.717) is 19.4 Å². The normalized spacial score (nSPS) is 17.5. The first-order valence-electron chi connectivity index (χ1n) is 9.16. The van der Waals surface area contributed by atoms with Gasteiger partial charge in [0.05, 0.1) is 5.60 Å². The first kappa shape index (κ1) is 17.0. The Kier molecular flexibility index (Phi) is 4.39. The molecule has 0 amide bonds. The molecule has 1 saturated heterocycles. The van der Waals surface area contributed by atoms with E-state index < -0.39 is 5.60 Å². The van der Waals surface area contributed by atoms with Crippen LogP contribution in [-0.4, -0.2) is 28.1 Å². The summed E-state index contributed by atoms with van der Waals surface area (Å²) in [5.41, 5.74) is 3.05. The highest BCUT2D eigenvalue weighted by Crippen LogP contribution is 2.33. The van der Waals surface area contributed by atoms with Gasteiger partial charge in [0.25, 0.3) is 5.56 Å². The molecule has 2 aromatic carbocycles. The Morgan fingerprint density at radius 2 is 1.81 bits per heavy atom. The summed E-state index contributed by atoms with van der Waals surface area (Å²) < 4.78 is 0. The van der Waals surface area contributed by atoms with Crippen molar-refractivity contribution in [3.63, 3.8) is 0 Å². The van der Waals surface area contributed by atoms with Crippen LogP contribution in [0.5, 0.6) is 0 Å². The highest BCUT2D eigenvalue weighted by atomic mass is 16.3. The maximum atomic E-state index is 12.4. The average Bonchev–Trinajstić information content (AvgIpc) is 2.65. The van der Waals surface area contributed by atoms with Gasteiger partial charge < -0.3 is 10.1 Å². The lowest BCUT2D eigenvalue weighted by Crippen LogP contribution is -2.42. The molecular weight excluding hydrogens is 324 g/mol. The molecule has 4 rings (SSSR count). The third kappa shape index (κ3) is 3.30. The monoisotopic (exact) mass is 348 g/mol. The van der Waals surface area contributed by atoms with Crippen LogP contribution >= 0.6 is 0 Å². The number of nitrogens with one attached hydrogen (secondary N) is 1. The van der Waals surface area contributed by atoms with E-state index in [0.717, 1.165) is 35.1 Å². The molecule has 26 heavy (non-hydrogen) atoms. The molecule has 1 aromatic heterocycles. The number of hydrogen-bond donors (Lipinski definition) is 2. The number of hydrogen-bond acceptors (Lipinski definition) is 3. The number of pyridine rings is 1. The lowest BCUT2D eigenvalue weighted by molar-refractivity contribution is -0.0278. The van der Waals surface area contributed by atoms with Gasteiger partial charge in [-0.2, -0.15) is 0 Å². The molecule has 0 radical (unpaired) electrons. The van der Waals surface area contributed by atoms with Crippen LogP contribution in [0.2, 0.25) is 0 Å². The minimum atomic E-state index is -0.759. The van der Waals surface area contributed by atoms with Gasteiger partial charge in [-0.3, -0.25) is 9.69 Å². The van der Waals surface area contributed by atoms with Gasteiger partial charge in [0.15, 0.2) is 0 Å². The molecule has 2 N–H and O–H groups in total. The van der Waals surface area contributed by atoms with Crippen molar-refractivity contribution >= 4 is 10.9 Å².